The Hall–Kier alpha value is -1.31. The van der Waals surface area contributed by atoms with Crippen LogP contribution in [-0.4, -0.2) is 13.1 Å². The molecule has 2 nitrogen and oxygen atoms in total. The first-order valence-electron chi connectivity index (χ1n) is 6.18. The van der Waals surface area contributed by atoms with E-state index in [1.165, 1.54) is 29.4 Å². The summed E-state index contributed by atoms with van der Waals surface area (Å²) in [6, 6.07) is 4.22. The first-order chi connectivity index (χ1) is 8.00. The van der Waals surface area contributed by atoms with Gasteiger partial charge in [-0.05, 0) is 62.3 Å². The van der Waals surface area contributed by atoms with E-state index < -0.39 is 5.41 Å². The number of esters is 1. The molecule has 0 saturated heterocycles. The third kappa shape index (κ3) is 1.76. The van der Waals surface area contributed by atoms with E-state index in [2.05, 4.69) is 26.0 Å². The molecule has 1 atom stereocenters. The standard InChI is InChI=1S/C15H20O2/c1-10-7-8-13-12(11(10)2)6-5-9-15(13,3)14(16)17-4/h7-8H,5-6,9H2,1-4H3. The number of benzene rings is 1. The van der Waals surface area contributed by atoms with Crippen LogP contribution >= 0.6 is 0 Å². The van der Waals surface area contributed by atoms with Crippen LogP contribution in [0.3, 0.4) is 0 Å². The number of hydrogen-bond acceptors (Lipinski definition) is 2. The monoisotopic (exact) mass is 232 g/mol. The van der Waals surface area contributed by atoms with Crippen LogP contribution in [0.15, 0.2) is 12.1 Å². The molecule has 1 aromatic carbocycles. The van der Waals surface area contributed by atoms with E-state index in [1.54, 1.807) is 0 Å². The van der Waals surface area contributed by atoms with Crippen molar-refractivity contribution in [2.45, 2.75) is 45.4 Å². The number of methoxy groups -OCH3 is 1. The van der Waals surface area contributed by atoms with E-state index in [0.29, 0.717) is 0 Å². The Balaban J connectivity index is 2.60. The van der Waals surface area contributed by atoms with Gasteiger partial charge in [-0.3, -0.25) is 4.79 Å². The molecular weight excluding hydrogens is 212 g/mol. The van der Waals surface area contributed by atoms with Gasteiger partial charge in [0.15, 0.2) is 0 Å². The highest BCUT2D eigenvalue weighted by Gasteiger charge is 2.40. The van der Waals surface area contributed by atoms with Gasteiger partial charge < -0.3 is 4.74 Å². The highest BCUT2D eigenvalue weighted by Crippen LogP contribution is 2.39. The predicted octanol–water partition coefficient (Wildman–Crippen LogP) is 3.07. The predicted molar refractivity (Wildman–Crippen MR) is 68.2 cm³/mol. The molecule has 0 fully saturated rings. The lowest BCUT2D eigenvalue weighted by Crippen LogP contribution is -2.37. The summed E-state index contributed by atoms with van der Waals surface area (Å²) in [6.45, 7) is 6.28. The van der Waals surface area contributed by atoms with E-state index >= 15 is 0 Å². The van der Waals surface area contributed by atoms with E-state index in [0.717, 1.165) is 19.3 Å². The van der Waals surface area contributed by atoms with Gasteiger partial charge in [0.05, 0.1) is 12.5 Å². The molecule has 1 unspecified atom stereocenters. The molecule has 17 heavy (non-hydrogen) atoms. The van der Waals surface area contributed by atoms with Crippen molar-refractivity contribution in [2.24, 2.45) is 0 Å². The molecule has 0 radical (unpaired) electrons. The van der Waals surface area contributed by atoms with Gasteiger partial charge in [0.25, 0.3) is 0 Å². The average molecular weight is 232 g/mol. The largest absolute Gasteiger partial charge is 0.468 e. The molecule has 0 heterocycles. The van der Waals surface area contributed by atoms with Gasteiger partial charge in [0, 0.05) is 0 Å². The van der Waals surface area contributed by atoms with Crippen molar-refractivity contribution in [3.8, 4) is 0 Å². The SMILES string of the molecule is COC(=O)C1(C)CCCc2c1ccc(C)c2C. The first-order valence-corrected chi connectivity index (χ1v) is 6.18. The number of carbonyl (C=O) groups excluding carboxylic acids is 1. The third-order valence-electron chi connectivity index (χ3n) is 4.20. The zero-order chi connectivity index (χ0) is 12.6. The maximum Gasteiger partial charge on any atom is 0.316 e. The quantitative estimate of drug-likeness (QED) is 0.696. The van der Waals surface area contributed by atoms with E-state index in [1.807, 2.05) is 6.92 Å². The minimum absolute atomic E-state index is 0.110. The fraction of sp³-hybridized carbons (Fsp3) is 0.533. The molecule has 2 heteroatoms. The maximum atomic E-state index is 12.0. The lowest BCUT2D eigenvalue weighted by Gasteiger charge is -2.34. The summed E-state index contributed by atoms with van der Waals surface area (Å²) in [5, 5.41) is 0. The lowest BCUT2D eigenvalue weighted by molar-refractivity contribution is -0.147. The summed E-state index contributed by atoms with van der Waals surface area (Å²) < 4.78 is 4.98. The number of hydrogen-bond donors (Lipinski definition) is 0. The zero-order valence-electron chi connectivity index (χ0n) is 11.1. The van der Waals surface area contributed by atoms with E-state index in [-0.39, 0.29) is 5.97 Å². The van der Waals surface area contributed by atoms with E-state index in [4.69, 9.17) is 4.74 Å². The summed E-state index contributed by atoms with van der Waals surface area (Å²) in [7, 11) is 1.48. The number of carbonyl (C=O) groups is 1. The van der Waals surface area contributed by atoms with Crippen molar-refractivity contribution in [2.75, 3.05) is 7.11 Å². The normalized spacial score (nSPS) is 23.1. The highest BCUT2D eigenvalue weighted by atomic mass is 16.5. The van der Waals surface area contributed by atoms with Crippen molar-refractivity contribution in [3.05, 3.63) is 34.4 Å². The lowest BCUT2D eigenvalue weighted by atomic mass is 9.70. The number of aryl methyl sites for hydroxylation is 1. The average Bonchev–Trinajstić information content (AvgIpc) is 2.33. The van der Waals surface area contributed by atoms with Gasteiger partial charge in [0.1, 0.15) is 0 Å². The molecule has 0 spiro atoms. The van der Waals surface area contributed by atoms with Gasteiger partial charge >= 0.3 is 5.97 Å². The molecule has 1 aliphatic rings. The minimum Gasteiger partial charge on any atom is -0.468 e. The minimum atomic E-state index is -0.458. The molecule has 2 rings (SSSR count). The van der Waals surface area contributed by atoms with E-state index in [9.17, 15) is 4.79 Å². The Bertz CT molecular complexity index is 462. The summed E-state index contributed by atoms with van der Waals surface area (Å²) in [4.78, 5) is 12.0. The summed E-state index contributed by atoms with van der Waals surface area (Å²) >= 11 is 0. The molecule has 0 aliphatic heterocycles. The second-order valence-corrected chi connectivity index (χ2v) is 5.21. The van der Waals surface area contributed by atoms with Crippen molar-refractivity contribution in [3.63, 3.8) is 0 Å². The smallest absolute Gasteiger partial charge is 0.316 e. The van der Waals surface area contributed by atoms with Crippen LogP contribution in [0.25, 0.3) is 0 Å². The van der Waals surface area contributed by atoms with Crippen LogP contribution in [0.5, 0.6) is 0 Å². The Labute approximate surface area is 103 Å². The number of rotatable bonds is 1. The summed E-state index contributed by atoms with van der Waals surface area (Å²) in [5.41, 5.74) is 4.69. The molecule has 0 amide bonds. The van der Waals surface area contributed by atoms with Gasteiger partial charge in [-0.1, -0.05) is 12.1 Å². The Morgan fingerprint density at radius 3 is 2.71 bits per heavy atom. The second-order valence-electron chi connectivity index (χ2n) is 5.21. The van der Waals surface area contributed by atoms with Crippen LogP contribution in [0.1, 0.15) is 42.0 Å². The van der Waals surface area contributed by atoms with Crippen LogP contribution in [-0.2, 0) is 21.4 Å². The fourth-order valence-electron chi connectivity index (χ4n) is 2.90. The molecule has 0 saturated carbocycles. The van der Waals surface area contributed by atoms with Crippen molar-refractivity contribution in [1.29, 1.82) is 0 Å². The number of fused-ring (bicyclic) bond motifs is 1. The Morgan fingerprint density at radius 1 is 1.35 bits per heavy atom. The number of ether oxygens (including phenoxy) is 1. The van der Waals surface area contributed by atoms with Crippen LogP contribution in [0, 0.1) is 13.8 Å². The van der Waals surface area contributed by atoms with Gasteiger partial charge in [-0.15, -0.1) is 0 Å². The third-order valence-corrected chi connectivity index (χ3v) is 4.20. The van der Waals surface area contributed by atoms with Crippen LogP contribution in [0.4, 0.5) is 0 Å². The summed E-state index contributed by atoms with van der Waals surface area (Å²) in [6.07, 6.45) is 3.02. The van der Waals surface area contributed by atoms with Crippen LogP contribution < -0.4 is 0 Å². The molecule has 1 aromatic rings. The Kier molecular flexibility index (Phi) is 2.98. The van der Waals surface area contributed by atoms with Crippen LogP contribution in [0.2, 0.25) is 0 Å². The molecule has 92 valence electrons. The van der Waals surface area contributed by atoms with Crippen molar-refractivity contribution < 1.29 is 9.53 Å². The molecule has 1 aliphatic carbocycles. The molecule has 0 aromatic heterocycles. The topological polar surface area (TPSA) is 26.3 Å². The molecular formula is C15H20O2. The fourth-order valence-corrected chi connectivity index (χ4v) is 2.90. The molecule has 0 N–H and O–H groups in total. The van der Waals surface area contributed by atoms with Gasteiger partial charge in [-0.25, -0.2) is 0 Å². The first kappa shape index (κ1) is 12.2. The maximum absolute atomic E-state index is 12.0. The second kappa shape index (κ2) is 4.17. The van der Waals surface area contributed by atoms with Crippen molar-refractivity contribution >= 4 is 5.97 Å². The zero-order valence-corrected chi connectivity index (χ0v) is 11.1. The van der Waals surface area contributed by atoms with Gasteiger partial charge in [0.2, 0.25) is 0 Å². The van der Waals surface area contributed by atoms with Crippen molar-refractivity contribution in [1.82, 2.24) is 0 Å². The highest BCUT2D eigenvalue weighted by molar-refractivity contribution is 5.83. The Morgan fingerprint density at radius 2 is 2.06 bits per heavy atom. The molecule has 0 bridgehead atoms. The van der Waals surface area contributed by atoms with Gasteiger partial charge in [-0.2, -0.15) is 0 Å². The summed E-state index contributed by atoms with van der Waals surface area (Å²) in [5.74, 6) is -0.110.